The molecular formula is C11H17N3O2. The van der Waals surface area contributed by atoms with E-state index in [4.69, 9.17) is 10.8 Å². The number of rotatable bonds is 2. The first kappa shape index (κ1) is 11.1. The van der Waals surface area contributed by atoms with Gasteiger partial charge in [0.15, 0.2) is 5.78 Å². The number of fused-ring (bicyclic) bond motifs is 1. The summed E-state index contributed by atoms with van der Waals surface area (Å²) in [6.07, 6.45) is 1.27. The fourth-order valence-electron chi connectivity index (χ4n) is 2.26. The lowest BCUT2D eigenvalue weighted by Crippen LogP contribution is -2.26. The Bertz CT molecular complexity index is 435. The van der Waals surface area contributed by atoms with Crippen LogP contribution in [-0.4, -0.2) is 27.3 Å². The second-order valence-electron chi connectivity index (χ2n) is 5.09. The minimum Gasteiger partial charge on any atom is -0.394 e. The number of nitrogen functional groups attached to an aromatic ring is 1. The van der Waals surface area contributed by atoms with Crippen LogP contribution in [0.25, 0.3) is 0 Å². The standard InChI is InChI=1S/C11H17N3O2/c1-11(2)5-7-9(8(16)6-11)10(12)14(13-7)3-4-15/h15H,3-6,12H2,1-2H3. The van der Waals surface area contributed by atoms with Crippen LogP contribution in [0.1, 0.15) is 36.3 Å². The van der Waals surface area contributed by atoms with Gasteiger partial charge in [-0.25, -0.2) is 4.68 Å². The zero-order valence-electron chi connectivity index (χ0n) is 9.66. The second kappa shape index (κ2) is 3.59. The molecule has 0 unspecified atom stereocenters. The van der Waals surface area contributed by atoms with Crippen molar-refractivity contribution in [2.75, 3.05) is 12.3 Å². The van der Waals surface area contributed by atoms with E-state index in [0.717, 1.165) is 12.1 Å². The molecule has 0 bridgehead atoms. The van der Waals surface area contributed by atoms with E-state index in [0.29, 0.717) is 24.3 Å². The lowest BCUT2D eigenvalue weighted by Gasteiger charge is -2.27. The number of carbonyl (C=O) groups is 1. The molecule has 1 aromatic rings. The molecule has 16 heavy (non-hydrogen) atoms. The zero-order chi connectivity index (χ0) is 11.9. The topological polar surface area (TPSA) is 81.1 Å². The maximum absolute atomic E-state index is 11.9. The zero-order valence-corrected chi connectivity index (χ0v) is 9.66. The molecule has 1 aliphatic rings. The first-order valence-electron chi connectivity index (χ1n) is 5.44. The molecule has 0 radical (unpaired) electrons. The van der Waals surface area contributed by atoms with Crippen molar-refractivity contribution in [3.8, 4) is 0 Å². The number of carbonyl (C=O) groups excluding carboxylic acids is 1. The molecule has 3 N–H and O–H groups in total. The Kier molecular flexibility index (Phi) is 2.50. The SMILES string of the molecule is CC1(C)CC(=O)c2c(nn(CCO)c2N)C1. The van der Waals surface area contributed by atoms with Crippen LogP contribution in [0.5, 0.6) is 0 Å². The third-order valence-electron chi connectivity index (χ3n) is 2.94. The van der Waals surface area contributed by atoms with Gasteiger partial charge < -0.3 is 10.8 Å². The van der Waals surface area contributed by atoms with Crippen LogP contribution in [0.15, 0.2) is 0 Å². The Morgan fingerprint density at radius 1 is 1.50 bits per heavy atom. The second-order valence-corrected chi connectivity index (χ2v) is 5.09. The van der Waals surface area contributed by atoms with Gasteiger partial charge in [0.2, 0.25) is 0 Å². The molecule has 0 saturated heterocycles. The van der Waals surface area contributed by atoms with Crippen LogP contribution in [0.3, 0.4) is 0 Å². The van der Waals surface area contributed by atoms with E-state index in [1.807, 2.05) is 0 Å². The maximum atomic E-state index is 11.9. The van der Waals surface area contributed by atoms with Crippen molar-refractivity contribution in [1.29, 1.82) is 0 Å². The molecule has 1 aromatic heterocycles. The largest absolute Gasteiger partial charge is 0.394 e. The highest BCUT2D eigenvalue weighted by Crippen LogP contribution is 2.36. The summed E-state index contributed by atoms with van der Waals surface area (Å²) in [5.74, 6) is 0.456. The molecule has 0 aromatic carbocycles. The van der Waals surface area contributed by atoms with E-state index in [2.05, 4.69) is 18.9 Å². The van der Waals surface area contributed by atoms with Crippen molar-refractivity contribution in [3.63, 3.8) is 0 Å². The van der Waals surface area contributed by atoms with Crippen molar-refractivity contribution in [3.05, 3.63) is 11.3 Å². The van der Waals surface area contributed by atoms with Crippen LogP contribution in [-0.2, 0) is 13.0 Å². The Morgan fingerprint density at radius 3 is 2.81 bits per heavy atom. The van der Waals surface area contributed by atoms with E-state index in [-0.39, 0.29) is 17.8 Å². The summed E-state index contributed by atoms with van der Waals surface area (Å²) in [5, 5.41) is 13.2. The van der Waals surface area contributed by atoms with E-state index < -0.39 is 0 Å². The molecule has 0 aliphatic heterocycles. The molecule has 0 spiro atoms. The smallest absolute Gasteiger partial charge is 0.169 e. The van der Waals surface area contributed by atoms with E-state index in [1.165, 1.54) is 4.68 Å². The molecule has 88 valence electrons. The summed E-state index contributed by atoms with van der Waals surface area (Å²) in [6, 6.07) is 0. The van der Waals surface area contributed by atoms with Crippen molar-refractivity contribution in [1.82, 2.24) is 9.78 Å². The highest BCUT2D eigenvalue weighted by Gasteiger charge is 2.35. The van der Waals surface area contributed by atoms with Gasteiger partial charge >= 0.3 is 0 Å². The number of anilines is 1. The Labute approximate surface area is 94.2 Å². The first-order chi connectivity index (χ1) is 7.44. The van der Waals surface area contributed by atoms with Gasteiger partial charge in [0, 0.05) is 6.42 Å². The number of aliphatic hydroxyl groups is 1. The molecule has 2 rings (SSSR count). The molecule has 1 aliphatic carbocycles. The summed E-state index contributed by atoms with van der Waals surface area (Å²) < 4.78 is 1.52. The van der Waals surface area contributed by atoms with Gasteiger partial charge in [-0.15, -0.1) is 0 Å². The van der Waals surface area contributed by atoms with Gasteiger partial charge in [-0.2, -0.15) is 5.10 Å². The lowest BCUT2D eigenvalue weighted by molar-refractivity contribution is 0.0913. The van der Waals surface area contributed by atoms with Gasteiger partial charge in [0.1, 0.15) is 5.82 Å². The van der Waals surface area contributed by atoms with Crippen molar-refractivity contribution in [2.24, 2.45) is 5.41 Å². The van der Waals surface area contributed by atoms with Crippen molar-refractivity contribution in [2.45, 2.75) is 33.2 Å². The predicted molar refractivity (Wildman–Crippen MR) is 60.2 cm³/mol. The van der Waals surface area contributed by atoms with Crippen LogP contribution in [0.2, 0.25) is 0 Å². The van der Waals surface area contributed by atoms with Crippen LogP contribution < -0.4 is 5.73 Å². The Morgan fingerprint density at radius 2 is 2.19 bits per heavy atom. The summed E-state index contributed by atoms with van der Waals surface area (Å²) in [7, 11) is 0. The van der Waals surface area contributed by atoms with Gasteiger partial charge in [0.25, 0.3) is 0 Å². The molecule has 0 saturated carbocycles. The van der Waals surface area contributed by atoms with Crippen molar-refractivity contribution < 1.29 is 9.90 Å². The number of hydrogen-bond donors (Lipinski definition) is 2. The number of aliphatic hydroxyl groups excluding tert-OH is 1. The lowest BCUT2D eigenvalue weighted by atomic mass is 9.76. The van der Waals surface area contributed by atoms with Crippen LogP contribution >= 0.6 is 0 Å². The van der Waals surface area contributed by atoms with E-state index in [9.17, 15) is 4.79 Å². The number of Topliss-reactive ketones (excluding diaryl/α,β-unsaturated/α-hetero) is 1. The average Bonchev–Trinajstić information content (AvgIpc) is 2.41. The molecule has 1 heterocycles. The average molecular weight is 223 g/mol. The maximum Gasteiger partial charge on any atom is 0.169 e. The van der Waals surface area contributed by atoms with Crippen LogP contribution in [0, 0.1) is 5.41 Å². The van der Waals surface area contributed by atoms with Crippen molar-refractivity contribution >= 4 is 11.6 Å². The molecule has 0 atom stereocenters. The van der Waals surface area contributed by atoms with E-state index in [1.54, 1.807) is 0 Å². The summed E-state index contributed by atoms with van der Waals surface area (Å²) >= 11 is 0. The highest BCUT2D eigenvalue weighted by molar-refractivity contribution is 6.02. The predicted octanol–water partition coefficient (Wildman–Crippen LogP) is 0.613. The van der Waals surface area contributed by atoms with Gasteiger partial charge in [0.05, 0.1) is 24.4 Å². The third kappa shape index (κ3) is 1.71. The quantitative estimate of drug-likeness (QED) is 0.769. The molecule has 5 nitrogen and oxygen atoms in total. The number of nitrogens with two attached hydrogens (primary N) is 1. The Hall–Kier alpha value is -1.36. The first-order valence-corrected chi connectivity index (χ1v) is 5.44. The summed E-state index contributed by atoms with van der Waals surface area (Å²) in [4.78, 5) is 11.9. The van der Waals surface area contributed by atoms with Gasteiger partial charge in [-0.1, -0.05) is 13.8 Å². The Balaban J connectivity index is 2.45. The number of ketones is 1. The number of aromatic nitrogens is 2. The number of hydrogen-bond acceptors (Lipinski definition) is 4. The van der Waals surface area contributed by atoms with Gasteiger partial charge in [-0.05, 0) is 11.8 Å². The summed E-state index contributed by atoms with van der Waals surface area (Å²) in [5.41, 5.74) is 7.14. The normalized spacial score (nSPS) is 18.6. The minimum atomic E-state index is -0.0467. The monoisotopic (exact) mass is 223 g/mol. The van der Waals surface area contributed by atoms with Gasteiger partial charge in [-0.3, -0.25) is 4.79 Å². The summed E-state index contributed by atoms with van der Waals surface area (Å²) in [6.45, 7) is 4.42. The molecule has 0 amide bonds. The fraction of sp³-hybridized carbons (Fsp3) is 0.636. The minimum absolute atomic E-state index is 0.0255. The van der Waals surface area contributed by atoms with E-state index >= 15 is 0 Å². The van der Waals surface area contributed by atoms with Crippen LogP contribution in [0.4, 0.5) is 5.82 Å². The molecule has 5 heteroatoms. The third-order valence-corrected chi connectivity index (χ3v) is 2.94. The fourth-order valence-corrected chi connectivity index (χ4v) is 2.26. The number of nitrogens with zero attached hydrogens (tertiary/aromatic N) is 2. The molecule has 0 fully saturated rings. The molecular weight excluding hydrogens is 206 g/mol. The highest BCUT2D eigenvalue weighted by atomic mass is 16.3.